The lowest BCUT2D eigenvalue weighted by Crippen LogP contribution is -2.36. The molecule has 0 aliphatic heterocycles. The highest BCUT2D eigenvalue weighted by molar-refractivity contribution is 5.47. The highest BCUT2D eigenvalue weighted by atomic mass is 15.0. The van der Waals surface area contributed by atoms with Gasteiger partial charge >= 0.3 is 0 Å². The lowest BCUT2D eigenvalue weighted by molar-refractivity contribution is 0.461. The predicted octanol–water partition coefficient (Wildman–Crippen LogP) is 4.74. The Morgan fingerprint density at radius 1 is 1.06 bits per heavy atom. The molecule has 1 aromatic rings. The molecule has 0 heterocycles. The van der Waals surface area contributed by atoms with Crippen LogP contribution in [0.15, 0.2) is 30.3 Å². The van der Waals surface area contributed by atoms with Gasteiger partial charge in [0.1, 0.15) is 5.54 Å². The van der Waals surface area contributed by atoms with Crippen LogP contribution in [0.4, 0.5) is 5.69 Å². The minimum Gasteiger partial charge on any atom is -0.367 e. The lowest BCUT2D eigenvalue weighted by Gasteiger charge is -2.29. The number of nitrogens with zero attached hydrogens (tertiary/aromatic N) is 1. The van der Waals surface area contributed by atoms with Gasteiger partial charge in [-0.15, -0.1) is 0 Å². The van der Waals surface area contributed by atoms with E-state index < -0.39 is 5.54 Å². The molecule has 1 rings (SSSR count). The molecule has 98 valence electrons. The van der Waals surface area contributed by atoms with E-state index in [1.54, 1.807) is 0 Å². The number of hydrogen-bond donors (Lipinski definition) is 1. The van der Waals surface area contributed by atoms with Gasteiger partial charge in [0.15, 0.2) is 0 Å². The number of benzene rings is 1. The normalized spacial score (nSPS) is 10.9. The van der Waals surface area contributed by atoms with Gasteiger partial charge in [0, 0.05) is 5.69 Å². The number of rotatable bonds is 8. The van der Waals surface area contributed by atoms with Gasteiger partial charge in [-0.1, -0.05) is 57.7 Å². The second kappa shape index (κ2) is 7.76. The summed E-state index contributed by atoms with van der Waals surface area (Å²) in [6, 6.07) is 12.6. The Labute approximate surface area is 111 Å². The molecule has 2 nitrogen and oxygen atoms in total. The molecule has 2 heteroatoms. The Morgan fingerprint density at radius 2 is 1.61 bits per heavy atom. The van der Waals surface area contributed by atoms with Crippen LogP contribution >= 0.6 is 0 Å². The Hall–Kier alpha value is -1.49. The zero-order chi connectivity index (χ0) is 13.3. The van der Waals surface area contributed by atoms with E-state index in [0.717, 1.165) is 44.2 Å². The zero-order valence-electron chi connectivity index (χ0n) is 11.6. The molecule has 0 atom stereocenters. The minimum absolute atomic E-state index is 0.395. The maximum absolute atomic E-state index is 9.58. The van der Waals surface area contributed by atoms with E-state index in [4.69, 9.17) is 0 Å². The molecule has 1 aromatic carbocycles. The van der Waals surface area contributed by atoms with E-state index in [1.807, 2.05) is 30.3 Å². The zero-order valence-corrected chi connectivity index (χ0v) is 11.6. The molecule has 0 unspecified atom stereocenters. The number of nitriles is 1. The second-order valence-corrected chi connectivity index (χ2v) is 4.89. The largest absolute Gasteiger partial charge is 0.367 e. The molecule has 0 bridgehead atoms. The summed E-state index contributed by atoms with van der Waals surface area (Å²) in [7, 11) is 0. The van der Waals surface area contributed by atoms with E-state index in [0.29, 0.717) is 0 Å². The van der Waals surface area contributed by atoms with Crippen molar-refractivity contribution in [1.82, 2.24) is 0 Å². The molecule has 0 saturated heterocycles. The average Bonchev–Trinajstić information content (AvgIpc) is 2.43. The first-order chi connectivity index (χ1) is 8.76. The van der Waals surface area contributed by atoms with Crippen LogP contribution in [0.3, 0.4) is 0 Å². The SMILES string of the molecule is CCCCC(C#N)(CCCC)Nc1ccccc1. The minimum atomic E-state index is -0.395. The van der Waals surface area contributed by atoms with Crippen LogP contribution in [-0.2, 0) is 0 Å². The Balaban J connectivity index is 2.78. The summed E-state index contributed by atoms with van der Waals surface area (Å²) < 4.78 is 0. The molecule has 0 aliphatic rings. The van der Waals surface area contributed by atoms with Gasteiger partial charge in [-0.3, -0.25) is 0 Å². The third-order valence-electron chi connectivity index (χ3n) is 3.29. The summed E-state index contributed by atoms with van der Waals surface area (Å²) in [4.78, 5) is 0. The quantitative estimate of drug-likeness (QED) is 0.717. The summed E-state index contributed by atoms with van der Waals surface area (Å²) >= 11 is 0. The van der Waals surface area contributed by atoms with Crippen LogP contribution in [0.25, 0.3) is 0 Å². The van der Waals surface area contributed by atoms with Crippen LogP contribution in [0.5, 0.6) is 0 Å². The van der Waals surface area contributed by atoms with Crippen LogP contribution in [0.1, 0.15) is 52.4 Å². The van der Waals surface area contributed by atoms with Gasteiger partial charge in [0.25, 0.3) is 0 Å². The fourth-order valence-electron chi connectivity index (χ4n) is 2.14. The highest BCUT2D eigenvalue weighted by Gasteiger charge is 2.28. The number of hydrogen-bond acceptors (Lipinski definition) is 2. The van der Waals surface area contributed by atoms with Crippen molar-refractivity contribution in [3.8, 4) is 6.07 Å². The average molecular weight is 244 g/mol. The van der Waals surface area contributed by atoms with Gasteiger partial charge in [-0.2, -0.15) is 5.26 Å². The molecule has 0 amide bonds. The topological polar surface area (TPSA) is 35.8 Å². The maximum Gasteiger partial charge on any atom is 0.125 e. The van der Waals surface area contributed by atoms with Gasteiger partial charge in [-0.05, 0) is 25.0 Å². The van der Waals surface area contributed by atoms with E-state index in [9.17, 15) is 5.26 Å². The van der Waals surface area contributed by atoms with E-state index in [-0.39, 0.29) is 0 Å². The third kappa shape index (κ3) is 4.41. The van der Waals surface area contributed by atoms with E-state index in [1.165, 1.54) is 0 Å². The monoisotopic (exact) mass is 244 g/mol. The number of unbranched alkanes of at least 4 members (excludes halogenated alkanes) is 2. The van der Waals surface area contributed by atoms with Gasteiger partial charge in [0.05, 0.1) is 6.07 Å². The predicted molar refractivity (Wildman–Crippen MR) is 77.5 cm³/mol. The van der Waals surface area contributed by atoms with Crippen molar-refractivity contribution in [3.63, 3.8) is 0 Å². The summed E-state index contributed by atoms with van der Waals surface area (Å²) in [5.74, 6) is 0. The van der Waals surface area contributed by atoms with E-state index >= 15 is 0 Å². The third-order valence-corrected chi connectivity index (χ3v) is 3.29. The van der Waals surface area contributed by atoms with Crippen molar-refractivity contribution < 1.29 is 0 Å². The van der Waals surface area contributed by atoms with Crippen molar-refractivity contribution in [2.45, 2.75) is 57.9 Å². The van der Waals surface area contributed by atoms with Crippen molar-refractivity contribution >= 4 is 5.69 Å². The number of nitrogens with one attached hydrogen (secondary N) is 1. The molecule has 18 heavy (non-hydrogen) atoms. The first kappa shape index (κ1) is 14.6. The molecule has 0 saturated carbocycles. The molecule has 0 spiro atoms. The molecule has 0 radical (unpaired) electrons. The van der Waals surface area contributed by atoms with Crippen molar-refractivity contribution in [2.75, 3.05) is 5.32 Å². The molecule has 0 aliphatic carbocycles. The first-order valence-corrected chi connectivity index (χ1v) is 7.01. The fourth-order valence-corrected chi connectivity index (χ4v) is 2.14. The van der Waals surface area contributed by atoms with E-state index in [2.05, 4.69) is 25.2 Å². The molecule has 0 aromatic heterocycles. The van der Waals surface area contributed by atoms with Crippen LogP contribution in [-0.4, -0.2) is 5.54 Å². The summed E-state index contributed by atoms with van der Waals surface area (Å²) in [5.41, 5.74) is 0.652. The standard InChI is InChI=1S/C16H24N2/c1-3-5-12-16(14-17,13-6-4-2)18-15-10-8-7-9-11-15/h7-11,18H,3-6,12-13H2,1-2H3. The smallest absolute Gasteiger partial charge is 0.125 e. The molecule has 1 N–H and O–H groups in total. The first-order valence-electron chi connectivity index (χ1n) is 7.01. The van der Waals surface area contributed by atoms with Crippen LogP contribution in [0.2, 0.25) is 0 Å². The fraction of sp³-hybridized carbons (Fsp3) is 0.562. The summed E-state index contributed by atoms with van der Waals surface area (Å²) in [5, 5.41) is 13.0. The second-order valence-electron chi connectivity index (χ2n) is 4.89. The van der Waals surface area contributed by atoms with Gasteiger partial charge < -0.3 is 5.32 Å². The Morgan fingerprint density at radius 3 is 2.06 bits per heavy atom. The van der Waals surface area contributed by atoms with Crippen LogP contribution < -0.4 is 5.32 Å². The molecular formula is C16H24N2. The molecule has 0 fully saturated rings. The highest BCUT2D eigenvalue weighted by Crippen LogP contribution is 2.26. The summed E-state index contributed by atoms with van der Waals surface area (Å²) in [6.45, 7) is 4.34. The lowest BCUT2D eigenvalue weighted by atomic mass is 9.88. The van der Waals surface area contributed by atoms with Crippen molar-refractivity contribution in [1.29, 1.82) is 5.26 Å². The van der Waals surface area contributed by atoms with Gasteiger partial charge in [-0.25, -0.2) is 0 Å². The van der Waals surface area contributed by atoms with Crippen molar-refractivity contribution in [2.24, 2.45) is 0 Å². The molecular weight excluding hydrogens is 220 g/mol. The maximum atomic E-state index is 9.58. The van der Waals surface area contributed by atoms with Crippen LogP contribution in [0, 0.1) is 11.3 Å². The Bertz CT molecular complexity index is 356. The number of anilines is 1. The Kier molecular flexibility index (Phi) is 6.28. The van der Waals surface area contributed by atoms with Crippen molar-refractivity contribution in [3.05, 3.63) is 30.3 Å². The van der Waals surface area contributed by atoms with Gasteiger partial charge in [0.2, 0.25) is 0 Å². The number of para-hydroxylation sites is 1. The summed E-state index contributed by atoms with van der Waals surface area (Å²) in [6.07, 6.45) is 6.30.